The van der Waals surface area contributed by atoms with Gasteiger partial charge in [-0.25, -0.2) is 0 Å². The van der Waals surface area contributed by atoms with E-state index in [9.17, 15) is 9.59 Å². The fourth-order valence-electron chi connectivity index (χ4n) is 2.20. The van der Waals surface area contributed by atoms with Crippen LogP contribution in [0.1, 0.15) is 26.7 Å². The second-order valence-corrected chi connectivity index (χ2v) is 5.59. The summed E-state index contributed by atoms with van der Waals surface area (Å²) in [5, 5.41) is 2.89. The molecule has 0 radical (unpaired) electrons. The highest BCUT2D eigenvalue weighted by molar-refractivity contribution is 6.07. The standard InChI is InChI=1S/C13H22N2O3/c1-10(2)9-14-11(16)13(3-4-13)12(17)15-5-7-18-8-6-15/h10H,3-9H2,1-2H3,(H,14,16). The molecular weight excluding hydrogens is 232 g/mol. The van der Waals surface area contributed by atoms with Crippen LogP contribution < -0.4 is 5.32 Å². The molecule has 0 unspecified atom stereocenters. The molecule has 1 aliphatic carbocycles. The lowest BCUT2D eigenvalue weighted by molar-refractivity contribution is -0.147. The van der Waals surface area contributed by atoms with Crippen molar-refractivity contribution in [2.45, 2.75) is 26.7 Å². The molecule has 0 atom stereocenters. The average molecular weight is 254 g/mol. The van der Waals surface area contributed by atoms with Gasteiger partial charge in [0.2, 0.25) is 11.8 Å². The first-order valence-corrected chi connectivity index (χ1v) is 6.72. The van der Waals surface area contributed by atoms with E-state index in [1.807, 2.05) is 13.8 Å². The molecule has 1 heterocycles. The Morgan fingerprint density at radius 3 is 2.39 bits per heavy atom. The number of morpholine rings is 1. The first-order valence-electron chi connectivity index (χ1n) is 6.72. The molecular formula is C13H22N2O3. The first kappa shape index (κ1) is 13.3. The third-order valence-electron chi connectivity index (χ3n) is 3.56. The molecule has 2 fully saturated rings. The number of carbonyl (C=O) groups excluding carboxylic acids is 2. The van der Waals surface area contributed by atoms with Crippen molar-refractivity contribution < 1.29 is 14.3 Å². The number of hydrogen-bond acceptors (Lipinski definition) is 3. The Morgan fingerprint density at radius 1 is 1.28 bits per heavy atom. The van der Waals surface area contributed by atoms with E-state index in [0.29, 0.717) is 51.6 Å². The Labute approximate surface area is 108 Å². The van der Waals surface area contributed by atoms with E-state index in [0.717, 1.165) is 0 Å². The number of ether oxygens (including phenoxy) is 1. The molecule has 2 amide bonds. The predicted molar refractivity (Wildman–Crippen MR) is 66.9 cm³/mol. The smallest absolute Gasteiger partial charge is 0.238 e. The highest BCUT2D eigenvalue weighted by Gasteiger charge is 2.57. The lowest BCUT2D eigenvalue weighted by Gasteiger charge is -2.30. The van der Waals surface area contributed by atoms with Gasteiger partial charge >= 0.3 is 0 Å². The molecule has 5 heteroatoms. The van der Waals surface area contributed by atoms with E-state index in [1.54, 1.807) is 4.90 Å². The molecule has 1 saturated heterocycles. The average Bonchev–Trinajstić information content (AvgIpc) is 3.17. The summed E-state index contributed by atoms with van der Waals surface area (Å²) in [4.78, 5) is 26.3. The fourth-order valence-corrected chi connectivity index (χ4v) is 2.20. The first-order chi connectivity index (χ1) is 8.56. The second-order valence-electron chi connectivity index (χ2n) is 5.59. The van der Waals surface area contributed by atoms with Crippen LogP contribution in [0, 0.1) is 11.3 Å². The van der Waals surface area contributed by atoms with Gasteiger partial charge in [0.25, 0.3) is 0 Å². The van der Waals surface area contributed by atoms with Crippen LogP contribution in [0.4, 0.5) is 0 Å². The maximum atomic E-state index is 12.4. The molecule has 1 saturated carbocycles. The summed E-state index contributed by atoms with van der Waals surface area (Å²) in [6.45, 7) is 7.10. The molecule has 1 aliphatic heterocycles. The Bertz CT molecular complexity index is 331. The van der Waals surface area contributed by atoms with Gasteiger partial charge in [-0.15, -0.1) is 0 Å². The van der Waals surface area contributed by atoms with Gasteiger partial charge in [-0.1, -0.05) is 13.8 Å². The molecule has 18 heavy (non-hydrogen) atoms. The molecule has 0 aromatic rings. The highest BCUT2D eigenvalue weighted by Crippen LogP contribution is 2.47. The van der Waals surface area contributed by atoms with Gasteiger partial charge in [0.05, 0.1) is 13.2 Å². The van der Waals surface area contributed by atoms with Crippen molar-refractivity contribution in [3.63, 3.8) is 0 Å². The Kier molecular flexibility index (Phi) is 3.90. The largest absolute Gasteiger partial charge is 0.378 e. The van der Waals surface area contributed by atoms with Crippen LogP contribution in [-0.4, -0.2) is 49.6 Å². The van der Waals surface area contributed by atoms with Crippen LogP contribution in [0.3, 0.4) is 0 Å². The third-order valence-corrected chi connectivity index (χ3v) is 3.56. The molecule has 1 N–H and O–H groups in total. The topological polar surface area (TPSA) is 58.6 Å². The fraction of sp³-hybridized carbons (Fsp3) is 0.846. The van der Waals surface area contributed by atoms with E-state index in [1.165, 1.54) is 0 Å². The summed E-state index contributed by atoms with van der Waals surface area (Å²) < 4.78 is 5.23. The van der Waals surface area contributed by atoms with Crippen molar-refractivity contribution in [2.24, 2.45) is 11.3 Å². The summed E-state index contributed by atoms with van der Waals surface area (Å²) in [5.74, 6) is 0.308. The number of nitrogens with zero attached hydrogens (tertiary/aromatic N) is 1. The molecule has 2 rings (SSSR count). The van der Waals surface area contributed by atoms with Crippen molar-refractivity contribution in [2.75, 3.05) is 32.8 Å². The summed E-state index contributed by atoms with van der Waals surface area (Å²) in [6.07, 6.45) is 1.38. The zero-order valence-corrected chi connectivity index (χ0v) is 11.2. The maximum Gasteiger partial charge on any atom is 0.238 e. The van der Waals surface area contributed by atoms with Gasteiger partial charge in [0, 0.05) is 19.6 Å². The van der Waals surface area contributed by atoms with E-state index in [-0.39, 0.29) is 11.8 Å². The zero-order chi connectivity index (χ0) is 13.2. The van der Waals surface area contributed by atoms with Crippen LogP contribution in [0.25, 0.3) is 0 Å². The summed E-state index contributed by atoms with van der Waals surface area (Å²) in [7, 11) is 0. The van der Waals surface area contributed by atoms with Gasteiger partial charge in [-0.3, -0.25) is 9.59 Å². The van der Waals surface area contributed by atoms with Gasteiger partial charge < -0.3 is 15.0 Å². The molecule has 5 nitrogen and oxygen atoms in total. The SMILES string of the molecule is CC(C)CNC(=O)C1(C(=O)N2CCOCC2)CC1. The van der Waals surface area contributed by atoms with Gasteiger partial charge in [-0.05, 0) is 18.8 Å². The third kappa shape index (κ3) is 2.66. The molecule has 0 aromatic heterocycles. The number of rotatable bonds is 4. The van der Waals surface area contributed by atoms with Crippen LogP contribution >= 0.6 is 0 Å². The minimum Gasteiger partial charge on any atom is -0.378 e. The van der Waals surface area contributed by atoms with Crippen LogP contribution in [-0.2, 0) is 14.3 Å². The highest BCUT2D eigenvalue weighted by atomic mass is 16.5. The van der Waals surface area contributed by atoms with Crippen molar-refractivity contribution in [1.29, 1.82) is 0 Å². The quantitative estimate of drug-likeness (QED) is 0.739. The number of carbonyl (C=O) groups is 2. The monoisotopic (exact) mass is 254 g/mol. The molecule has 102 valence electrons. The lowest BCUT2D eigenvalue weighted by atomic mass is 10.0. The minimum absolute atomic E-state index is 0.00736. The van der Waals surface area contributed by atoms with Crippen molar-refractivity contribution in [3.8, 4) is 0 Å². The van der Waals surface area contributed by atoms with Crippen molar-refractivity contribution >= 4 is 11.8 Å². The Morgan fingerprint density at radius 2 is 1.89 bits per heavy atom. The maximum absolute atomic E-state index is 12.4. The van der Waals surface area contributed by atoms with Crippen LogP contribution in [0.5, 0.6) is 0 Å². The van der Waals surface area contributed by atoms with E-state index in [4.69, 9.17) is 4.74 Å². The Balaban J connectivity index is 1.93. The summed E-state index contributed by atoms with van der Waals surface area (Å²) >= 11 is 0. The van der Waals surface area contributed by atoms with E-state index >= 15 is 0 Å². The number of nitrogens with one attached hydrogen (secondary N) is 1. The number of amides is 2. The summed E-state index contributed by atoms with van der Waals surface area (Å²) in [6, 6.07) is 0. The van der Waals surface area contributed by atoms with Gasteiger partial charge in [0.15, 0.2) is 0 Å². The lowest BCUT2D eigenvalue weighted by Crippen LogP contribution is -2.49. The molecule has 2 aliphatic rings. The van der Waals surface area contributed by atoms with Crippen molar-refractivity contribution in [3.05, 3.63) is 0 Å². The van der Waals surface area contributed by atoms with Crippen LogP contribution in [0.15, 0.2) is 0 Å². The zero-order valence-electron chi connectivity index (χ0n) is 11.2. The minimum atomic E-state index is -0.758. The Hall–Kier alpha value is -1.10. The molecule has 0 spiro atoms. The normalized spacial score (nSPS) is 21.8. The second kappa shape index (κ2) is 5.26. The molecule has 0 bridgehead atoms. The van der Waals surface area contributed by atoms with Gasteiger partial charge in [0.1, 0.15) is 5.41 Å². The number of hydrogen-bond donors (Lipinski definition) is 1. The van der Waals surface area contributed by atoms with E-state index < -0.39 is 5.41 Å². The molecule has 0 aromatic carbocycles. The van der Waals surface area contributed by atoms with Crippen molar-refractivity contribution in [1.82, 2.24) is 10.2 Å². The summed E-state index contributed by atoms with van der Waals surface area (Å²) in [5.41, 5.74) is -0.758. The van der Waals surface area contributed by atoms with Crippen LogP contribution in [0.2, 0.25) is 0 Å². The van der Waals surface area contributed by atoms with Gasteiger partial charge in [-0.2, -0.15) is 0 Å². The van der Waals surface area contributed by atoms with E-state index in [2.05, 4.69) is 5.32 Å². The predicted octanol–water partition coefficient (Wildman–Crippen LogP) is 0.398.